The van der Waals surface area contributed by atoms with Crippen LogP contribution in [0, 0.1) is 0 Å². The van der Waals surface area contributed by atoms with E-state index in [0.717, 1.165) is 5.56 Å². The topological polar surface area (TPSA) is 67.4 Å². The van der Waals surface area contributed by atoms with Gasteiger partial charge in [-0.15, -0.1) is 11.6 Å². The maximum absolute atomic E-state index is 12.4. The van der Waals surface area contributed by atoms with E-state index in [2.05, 4.69) is 10.6 Å². The molecule has 0 unspecified atom stereocenters. The van der Waals surface area contributed by atoms with Crippen molar-refractivity contribution in [1.82, 2.24) is 0 Å². The van der Waals surface area contributed by atoms with Gasteiger partial charge in [-0.2, -0.15) is 0 Å². The van der Waals surface area contributed by atoms with Gasteiger partial charge in [0, 0.05) is 11.4 Å². The molecule has 0 atom stereocenters. The number of amides is 2. The summed E-state index contributed by atoms with van der Waals surface area (Å²) in [5, 5.41) is 5.44. The molecule has 2 aromatic carbocycles. The standard InChI is InChI=1S/C19H21ClN2O3/c1-19(2,3)25-18(24)22-16-7-5-4-6-15(16)21-17(23)14-10-8-13(12-20)9-11-14/h4-11H,12H2,1-3H3,(H,21,23)(H,22,24). The molecule has 0 aliphatic heterocycles. The van der Waals surface area contributed by atoms with Gasteiger partial charge in [0.25, 0.3) is 5.91 Å². The van der Waals surface area contributed by atoms with Crippen LogP contribution in [0.4, 0.5) is 16.2 Å². The number of rotatable bonds is 4. The summed E-state index contributed by atoms with van der Waals surface area (Å²) in [5.74, 6) is 0.115. The van der Waals surface area contributed by atoms with Gasteiger partial charge >= 0.3 is 6.09 Å². The molecule has 5 nitrogen and oxygen atoms in total. The quantitative estimate of drug-likeness (QED) is 0.752. The Balaban J connectivity index is 2.11. The summed E-state index contributed by atoms with van der Waals surface area (Å²) in [6, 6.07) is 13.9. The predicted molar refractivity (Wildman–Crippen MR) is 100 cm³/mol. The van der Waals surface area contributed by atoms with Gasteiger partial charge in [0.1, 0.15) is 5.60 Å². The van der Waals surface area contributed by atoms with E-state index in [4.69, 9.17) is 16.3 Å². The van der Waals surface area contributed by atoms with Gasteiger partial charge in [0.2, 0.25) is 0 Å². The lowest BCUT2D eigenvalue weighted by atomic mass is 10.1. The van der Waals surface area contributed by atoms with Gasteiger partial charge < -0.3 is 10.1 Å². The molecule has 0 aliphatic carbocycles. The Morgan fingerprint density at radius 2 is 1.52 bits per heavy atom. The van der Waals surface area contributed by atoms with E-state index in [0.29, 0.717) is 22.8 Å². The molecule has 6 heteroatoms. The molecule has 2 rings (SSSR count). The van der Waals surface area contributed by atoms with Gasteiger partial charge in [0.15, 0.2) is 0 Å². The lowest BCUT2D eigenvalue weighted by Crippen LogP contribution is -2.27. The van der Waals surface area contributed by atoms with Crippen LogP contribution in [0.3, 0.4) is 0 Å². The molecule has 0 heterocycles. The van der Waals surface area contributed by atoms with Gasteiger partial charge in [-0.05, 0) is 50.6 Å². The summed E-state index contributed by atoms with van der Waals surface area (Å²) < 4.78 is 5.24. The zero-order valence-electron chi connectivity index (χ0n) is 14.4. The fraction of sp³-hybridized carbons (Fsp3) is 0.263. The average molecular weight is 361 g/mol. The number of hydrogen-bond acceptors (Lipinski definition) is 3. The number of nitrogens with one attached hydrogen (secondary N) is 2. The van der Waals surface area contributed by atoms with Crippen LogP contribution in [0.25, 0.3) is 0 Å². The van der Waals surface area contributed by atoms with Crippen molar-refractivity contribution in [3.05, 3.63) is 59.7 Å². The Bertz CT molecular complexity index is 752. The van der Waals surface area contributed by atoms with Crippen molar-refractivity contribution in [2.75, 3.05) is 10.6 Å². The van der Waals surface area contributed by atoms with E-state index < -0.39 is 11.7 Å². The third-order valence-electron chi connectivity index (χ3n) is 3.18. The molecule has 0 saturated heterocycles. The van der Waals surface area contributed by atoms with Crippen LogP contribution in [-0.2, 0) is 10.6 Å². The summed E-state index contributed by atoms with van der Waals surface area (Å²) in [5.41, 5.74) is 1.78. The van der Waals surface area contributed by atoms with Crippen LogP contribution >= 0.6 is 11.6 Å². The number of carbonyl (C=O) groups is 2. The van der Waals surface area contributed by atoms with Crippen molar-refractivity contribution in [2.45, 2.75) is 32.3 Å². The van der Waals surface area contributed by atoms with E-state index in [1.165, 1.54) is 0 Å². The first-order valence-corrected chi connectivity index (χ1v) is 8.37. The van der Waals surface area contributed by atoms with Crippen molar-refractivity contribution >= 4 is 35.0 Å². The SMILES string of the molecule is CC(C)(C)OC(=O)Nc1ccccc1NC(=O)c1ccc(CCl)cc1. The maximum Gasteiger partial charge on any atom is 0.412 e. The third-order valence-corrected chi connectivity index (χ3v) is 3.49. The smallest absolute Gasteiger partial charge is 0.412 e. The minimum atomic E-state index is -0.605. The first-order valence-electron chi connectivity index (χ1n) is 7.84. The van der Waals surface area contributed by atoms with Crippen molar-refractivity contribution in [1.29, 1.82) is 0 Å². The number of halogens is 1. The Morgan fingerprint density at radius 1 is 0.960 bits per heavy atom. The van der Waals surface area contributed by atoms with E-state index in [1.54, 1.807) is 69.3 Å². The molecule has 2 aromatic rings. The second kappa shape index (κ2) is 8.03. The van der Waals surface area contributed by atoms with Gasteiger partial charge in [-0.1, -0.05) is 24.3 Å². The van der Waals surface area contributed by atoms with E-state index in [9.17, 15) is 9.59 Å². The van der Waals surface area contributed by atoms with E-state index >= 15 is 0 Å². The third kappa shape index (κ3) is 5.80. The van der Waals surface area contributed by atoms with Crippen LogP contribution < -0.4 is 10.6 Å². The Morgan fingerprint density at radius 3 is 2.04 bits per heavy atom. The lowest BCUT2D eigenvalue weighted by Gasteiger charge is -2.20. The number of hydrogen-bond donors (Lipinski definition) is 2. The number of benzene rings is 2. The van der Waals surface area contributed by atoms with Gasteiger partial charge in [-0.25, -0.2) is 4.79 Å². The molecule has 0 aromatic heterocycles. The molecule has 0 spiro atoms. The zero-order valence-corrected chi connectivity index (χ0v) is 15.2. The second-order valence-corrected chi connectivity index (χ2v) is 6.72. The van der Waals surface area contributed by atoms with Crippen LogP contribution in [0.1, 0.15) is 36.7 Å². The molecule has 0 fully saturated rings. The lowest BCUT2D eigenvalue weighted by molar-refractivity contribution is 0.0635. The Kier molecular flexibility index (Phi) is 6.04. The fourth-order valence-electron chi connectivity index (χ4n) is 2.05. The predicted octanol–water partition coefficient (Wildman–Crippen LogP) is 5.02. The largest absolute Gasteiger partial charge is 0.444 e. The Labute approximate surface area is 152 Å². The van der Waals surface area contributed by atoms with Crippen LogP contribution in [-0.4, -0.2) is 17.6 Å². The summed E-state index contributed by atoms with van der Waals surface area (Å²) in [6.07, 6.45) is -0.583. The average Bonchev–Trinajstić information content (AvgIpc) is 2.55. The molecular weight excluding hydrogens is 340 g/mol. The van der Waals surface area contributed by atoms with Crippen LogP contribution in [0.2, 0.25) is 0 Å². The summed E-state index contributed by atoms with van der Waals surface area (Å²) in [6.45, 7) is 5.35. The van der Waals surface area contributed by atoms with Crippen LogP contribution in [0.15, 0.2) is 48.5 Å². The molecule has 2 amide bonds. The molecule has 0 aliphatic rings. The normalized spacial score (nSPS) is 10.9. The first-order chi connectivity index (χ1) is 11.8. The molecule has 2 N–H and O–H groups in total. The molecule has 0 bridgehead atoms. The monoisotopic (exact) mass is 360 g/mol. The first kappa shape index (κ1) is 18.8. The van der Waals surface area contributed by atoms with Crippen molar-refractivity contribution in [3.8, 4) is 0 Å². The number of para-hydroxylation sites is 2. The van der Waals surface area contributed by atoms with Crippen molar-refractivity contribution < 1.29 is 14.3 Å². The number of anilines is 2. The minimum absolute atomic E-state index is 0.278. The van der Waals surface area contributed by atoms with Crippen molar-refractivity contribution in [2.24, 2.45) is 0 Å². The highest BCUT2D eigenvalue weighted by Gasteiger charge is 2.17. The van der Waals surface area contributed by atoms with Gasteiger partial charge in [0.05, 0.1) is 11.4 Å². The fourth-order valence-corrected chi connectivity index (χ4v) is 2.23. The summed E-state index contributed by atoms with van der Waals surface area (Å²) in [7, 11) is 0. The number of carbonyl (C=O) groups excluding carboxylic acids is 2. The molecule has 0 radical (unpaired) electrons. The zero-order chi connectivity index (χ0) is 18.4. The second-order valence-electron chi connectivity index (χ2n) is 6.46. The molecule has 0 saturated carbocycles. The number of alkyl halides is 1. The van der Waals surface area contributed by atoms with Crippen molar-refractivity contribution in [3.63, 3.8) is 0 Å². The molecule has 132 valence electrons. The van der Waals surface area contributed by atoms with E-state index in [-0.39, 0.29) is 5.91 Å². The highest BCUT2D eigenvalue weighted by Crippen LogP contribution is 2.23. The molecular formula is C19H21ClN2O3. The summed E-state index contributed by atoms with van der Waals surface area (Å²) in [4.78, 5) is 24.3. The summed E-state index contributed by atoms with van der Waals surface area (Å²) >= 11 is 5.75. The van der Waals surface area contributed by atoms with Crippen LogP contribution in [0.5, 0.6) is 0 Å². The highest BCUT2D eigenvalue weighted by atomic mass is 35.5. The Hall–Kier alpha value is -2.53. The van der Waals surface area contributed by atoms with E-state index in [1.807, 2.05) is 0 Å². The molecule has 25 heavy (non-hydrogen) atoms. The number of ether oxygens (including phenoxy) is 1. The minimum Gasteiger partial charge on any atom is -0.444 e. The highest BCUT2D eigenvalue weighted by molar-refractivity contribution is 6.17. The van der Waals surface area contributed by atoms with Gasteiger partial charge in [-0.3, -0.25) is 10.1 Å². The maximum atomic E-state index is 12.4.